The average Bonchev–Trinajstić information content (AvgIpc) is 2.39. The Kier molecular flexibility index (Phi) is 5.88. The number of esters is 1. The van der Waals surface area contributed by atoms with Gasteiger partial charge in [0.2, 0.25) is 0 Å². The molecule has 1 atom stereocenters. The standard InChI is InChI=1S/C15H18O2/c1-3-4-8-14(11-12-15(16)17-2)13-9-6-5-7-10-13/h5-7,9-10,14H,3-4,8H2,1-2H3. The first-order valence-corrected chi connectivity index (χ1v) is 5.92. The molecule has 0 amide bonds. The smallest absolute Gasteiger partial charge is 0.384 e. The summed E-state index contributed by atoms with van der Waals surface area (Å²) in [4.78, 5) is 11.0. The highest BCUT2D eigenvalue weighted by Gasteiger charge is 2.07. The van der Waals surface area contributed by atoms with Gasteiger partial charge in [0.15, 0.2) is 0 Å². The molecule has 0 aliphatic carbocycles. The van der Waals surface area contributed by atoms with Crippen LogP contribution in [0.4, 0.5) is 0 Å². The van der Waals surface area contributed by atoms with Gasteiger partial charge in [0.25, 0.3) is 0 Å². The van der Waals surface area contributed by atoms with Crippen LogP contribution >= 0.6 is 0 Å². The lowest BCUT2D eigenvalue weighted by Crippen LogP contribution is -1.99. The van der Waals surface area contributed by atoms with Crippen LogP contribution in [0.3, 0.4) is 0 Å². The van der Waals surface area contributed by atoms with E-state index in [9.17, 15) is 4.79 Å². The van der Waals surface area contributed by atoms with Gasteiger partial charge in [0.05, 0.1) is 7.11 Å². The van der Waals surface area contributed by atoms with E-state index in [-0.39, 0.29) is 5.92 Å². The van der Waals surface area contributed by atoms with Crippen molar-refractivity contribution in [1.82, 2.24) is 0 Å². The number of carbonyl (C=O) groups excluding carboxylic acids is 1. The number of methoxy groups -OCH3 is 1. The molecule has 0 radical (unpaired) electrons. The van der Waals surface area contributed by atoms with Crippen LogP contribution in [-0.2, 0) is 9.53 Å². The minimum Gasteiger partial charge on any atom is -0.459 e. The van der Waals surface area contributed by atoms with Crippen LogP contribution in [0.25, 0.3) is 0 Å². The van der Waals surface area contributed by atoms with E-state index < -0.39 is 5.97 Å². The van der Waals surface area contributed by atoms with E-state index in [0.717, 1.165) is 24.8 Å². The lowest BCUT2D eigenvalue weighted by molar-refractivity contribution is -0.133. The molecule has 0 heterocycles. The third-order valence-corrected chi connectivity index (χ3v) is 2.58. The number of benzene rings is 1. The molecule has 0 N–H and O–H groups in total. The van der Waals surface area contributed by atoms with Gasteiger partial charge < -0.3 is 4.74 Å². The van der Waals surface area contributed by atoms with Crippen molar-refractivity contribution >= 4 is 5.97 Å². The molecule has 0 aliphatic heterocycles. The third kappa shape index (κ3) is 4.74. The highest BCUT2D eigenvalue weighted by atomic mass is 16.5. The maximum absolute atomic E-state index is 11.0. The van der Waals surface area contributed by atoms with Crippen LogP contribution < -0.4 is 0 Å². The molecule has 0 saturated carbocycles. The molecule has 0 spiro atoms. The predicted molar refractivity (Wildman–Crippen MR) is 68.5 cm³/mol. The molecule has 1 unspecified atom stereocenters. The van der Waals surface area contributed by atoms with E-state index in [1.54, 1.807) is 0 Å². The van der Waals surface area contributed by atoms with E-state index in [0.29, 0.717) is 0 Å². The van der Waals surface area contributed by atoms with E-state index in [4.69, 9.17) is 0 Å². The highest BCUT2D eigenvalue weighted by molar-refractivity contribution is 5.88. The summed E-state index contributed by atoms with van der Waals surface area (Å²) in [6, 6.07) is 10.1. The average molecular weight is 230 g/mol. The monoisotopic (exact) mass is 230 g/mol. The first-order valence-electron chi connectivity index (χ1n) is 5.92. The second-order valence-corrected chi connectivity index (χ2v) is 3.87. The molecule has 0 fully saturated rings. The van der Waals surface area contributed by atoms with Gasteiger partial charge in [-0.15, -0.1) is 0 Å². The number of hydrogen-bond donors (Lipinski definition) is 0. The molecular weight excluding hydrogens is 212 g/mol. The minimum atomic E-state index is -0.470. The molecule has 0 aliphatic rings. The molecule has 1 aromatic carbocycles. The molecule has 0 aromatic heterocycles. The van der Waals surface area contributed by atoms with Crippen molar-refractivity contribution in [2.24, 2.45) is 0 Å². The fraction of sp³-hybridized carbons (Fsp3) is 0.400. The summed E-state index contributed by atoms with van der Waals surface area (Å²) in [6.45, 7) is 2.15. The van der Waals surface area contributed by atoms with Crippen LogP contribution in [0, 0.1) is 11.8 Å². The second-order valence-electron chi connectivity index (χ2n) is 3.87. The van der Waals surface area contributed by atoms with Gasteiger partial charge in [-0.05, 0) is 12.0 Å². The highest BCUT2D eigenvalue weighted by Crippen LogP contribution is 2.20. The molecular formula is C15H18O2. The summed E-state index contributed by atoms with van der Waals surface area (Å²) in [7, 11) is 1.35. The zero-order valence-corrected chi connectivity index (χ0v) is 10.4. The first kappa shape index (κ1) is 13.3. The van der Waals surface area contributed by atoms with Gasteiger partial charge in [-0.3, -0.25) is 0 Å². The molecule has 1 rings (SSSR count). The summed E-state index contributed by atoms with van der Waals surface area (Å²) < 4.78 is 4.53. The summed E-state index contributed by atoms with van der Waals surface area (Å²) >= 11 is 0. The largest absolute Gasteiger partial charge is 0.459 e. The van der Waals surface area contributed by atoms with Crippen LogP contribution in [0.15, 0.2) is 30.3 Å². The van der Waals surface area contributed by atoms with Crippen LogP contribution in [0.5, 0.6) is 0 Å². The van der Waals surface area contributed by atoms with E-state index in [2.05, 4.69) is 23.5 Å². The summed E-state index contributed by atoms with van der Waals surface area (Å²) in [5.41, 5.74) is 1.16. The molecule has 2 heteroatoms. The summed E-state index contributed by atoms with van der Waals surface area (Å²) in [5, 5.41) is 0. The Balaban J connectivity index is 2.80. The molecule has 1 aromatic rings. The van der Waals surface area contributed by atoms with Crippen molar-refractivity contribution in [2.75, 3.05) is 7.11 Å². The van der Waals surface area contributed by atoms with Gasteiger partial charge in [-0.2, -0.15) is 0 Å². The number of hydrogen-bond acceptors (Lipinski definition) is 2. The van der Waals surface area contributed by atoms with Gasteiger partial charge in [0.1, 0.15) is 0 Å². The summed E-state index contributed by atoms with van der Waals surface area (Å²) in [5.74, 6) is 5.18. The number of rotatable bonds is 4. The topological polar surface area (TPSA) is 26.3 Å². The molecule has 17 heavy (non-hydrogen) atoms. The van der Waals surface area contributed by atoms with E-state index in [1.807, 2.05) is 30.3 Å². The van der Waals surface area contributed by atoms with E-state index in [1.165, 1.54) is 7.11 Å². The van der Waals surface area contributed by atoms with Crippen molar-refractivity contribution in [3.05, 3.63) is 35.9 Å². The zero-order valence-electron chi connectivity index (χ0n) is 10.4. The number of unbranched alkanes of at least 4 members (excludes halogenated alkanes) is 1. The van der Waals surface area contributed by atoms with Gasteiger partial charge in [-0.1, -0.05) is 56.0 Å². The van der Waals surface area contributed by atoms with Crippen molar-refractivity contribution in [1.29, 1.82) is 0 Å². The van der Waals surface area contributed by atoms with Crippen molar-refractivity contribution < 1.29 is 9.53 Å². The minimum absolute atomic E-state index is 0.121. The van der Waals surface area contributed by atoms with Gasteiger partial charge in [-0.25, -0.2) is 4.79 Å². The van der Waals surface area contributed by atoms with Gasteiger partial charge in [0, 0.05) is 11.8 Å². The Morgan fingerprint density at radius 1 is 1.35 bits per heavy atom. The fourth-order valence-corrected chi connectivity index (χ4v) is 1.61. The molecule has 0 saturated heterocycles. The van der Waals surface area contributed by atoms with Crippen molar-refractivity contribution in [3.63, 3.8) is 0 Å². The van der Waals surface area contributed by atoms with Crippen molar-refractivity contribution in [3.8, 4) is 11.8 Å². The Bertz CT molecular complexity index is 398. The lowest BCUT2D eigenvalue weighted by atomic mass is 9.94. The second kappa shape index (κ2) is 7.51. The molecule has 90 valence electrons. The first-order chi connectivity index (χ1) is 8.27. The Hall–Kier alpha value is -1.75. The third-order valence-electron chi connectivity index (χ3n) is 2.58. The van der Waals surface area contributed by atoms with Crippen LogP contribution in [0.2, 0.25) is 0 Å². The normalized spacial score (nSPS) is 11.2. The predicted octanol–water partition coefficient (Wildman–Crippen LogP) is 3.14. The summed E-state index contributed by atoms with van der Waals surface area (Å²) in [6.07, 6.45) is 3.21. The quantitative estimate of drug-likeness (QED) is 0.451. The zero-order chi connectivity index (χ0) is 12.5. The van der Waals surface area contributed by atoms with Crippen molar-refractivity contribution in [2.45, 2.75) is 32.1 Å². The Morgan fingerprint density at radius 3 is 2.65 bits per heavy atom. The molecule has 2 nitrogen and oxygen atoms in total. The lowest BCUT2D eigenvalue weighted by Gasteiger charge is -2.09. The van der Waals surface area contributed by atoms with Gasteiger partial charge >= 0.3 is 5.97 Å². The fourth-order valence-electron chi connectivity index (χ4n) is 1.61. The Labute approximate surface area is 103 Å². The van der Waals surface area contributed by atoms with Crippen LogP contribution in [-0.4, -0.2) is 13.1 Å². The Morgan fingerprint density at radius 2 is 2.06 bits per heavy atom. The van der Waals surface area contributed by atoms with Crippen LogP contribution in [0.1, 0.15) is 37.7 Å². The molecule has 0 bridgehead atoms. The number of carbonyl (C=O) groups is 1. The SMILES string of the molecule is CCCCC(C#CC(=O)OC)c1ccccc1. The van der Waals surface area contributed by atoms with E-state index >= 15 is 0 Å². The number of ether oxygens (including phenoxy) is 1. The maximum Gasteiger partial charge on any atom is 0.384 e. The maximum atomic E-state index is 11.0.